The molecule has 1 aromatic rings. The lowest BCUT2D eigenvalue weighted by Crippen LogP contribution is -2.28. The first-order valence-corrected chi connectivity index (χ1v) is 7.78. The Morgan fingerprint density at radius 1 is 1.30 bits per heavy atom. The van der Waals surface area contributed by atoms with E-state index in [0.717, 1.165) is 0 Å². The molecule has 0 atom stereocenters. The molecule has 6 nitrogen and oxygen atoms in total. The Morgan fingerprint density at radius 2 is 1.85 bits per heavy atom. The molecule has 0 aliphatic heterocycles. The van der Waals surface area contributed by atoms with Crippen molar-refractivity contribution < 1.29 is 17.9 Å². The first kappa shape index (κ1) is 16.5. The van der Waals surface area contributed by atoms with Crippen LogP contribution in [-0.4, -0.2) is 27.5 Å². The van der Waals surface area contributed by atoms with Gasteiger partial charge in [-0.25, -0.2) is 13.1 Å². The van der Waals surface area contributed by atoms with Crippen LogP contribution in [0.3, 0.4) is 0 Å². The van der Waals surface area contributed by atoms with E-state index in [4.69, 9.17) is 10.5 Å². The quantitative estimate of drug-likeness (QED) is 0.606. The molecule has 0 saturated heterocycles. The molecule has 1 rings (SSSR count). The molecule has 0 amide bonds. The summed E-state index contributed by atoms with van der Waals surface area (Å²) >= 11 is 0. The van der Waals surface area contributed by atoms with Crippen molar-refractivity contribution in [2.75, 3.05) is 18.9 Å². The van der Waals surface area contributed by atoms with E-state index < -0.39 is 16.0 Å². The maximum absolute atomic E-state index is 12.2. The second-order valence-electron chi connectivity index (χ2n) is 4.44. The summed E-state index contributed by atoms with van der Waals surface area (Å²) in [5.74, 6) is -0.430. The number of benzene rings is 1. The van der Waals surface area contributed by atoms with Gasteiger partial charge in [-0.2, -0.15) is 0 Å². The van der Waals surface area contributed by atoms with Gasteiger partial charge in [0.15, 0.2) is 0 Å². The molecular formula is C13H20N2O4S. The van der Waals surface area contributed by atoms with Gasteiger partial charge in [-0.05, 0) is 44.0 Å². The fourth-order valence-electron chi connectivity index (χ4n) is 2.00. The number of nitrogen functional groups attached to an aromatic ring is 1. The summed E-state index contributed by atoms with van der Waals surface area (Å²) in [6.45, 7) is 5.35. The third kappa shape index (κ3) is 4.21. The highest BCUT2D eigenvalue weighted by Crippen LogP contribution is 2.22. The standard InChI is InChI=1S/C13H20N2O4S/c1-4-19-12(16)5-6-15-20(17,18)13-9(2)7-11(14)8-10(13)3/h7-8,15H,4-6,14H2,1-3H3. The zero-order chi connectivity index (χ0) is 15.3. The van der Waals surface area contributed by atoms with E-state index in [2.05, 4.69) is 4.72 Å². The van der Waals surface area contributed by atoms with Gasteiger partial charge >= 0.3 is 5.97 Å². The van der Waals surface area contributed by atoms with Gasteiger partial charge in [0, 0.05) is 12.2 Å². The smallest absolute Gasteiger partial charge is 0.307 e. The van der Waals surface area contributed by atoms with Gasteiger partial charge in [0.05, 0.1) is 17.9 Å². The number of carbonyl (C=O) groups is 1. The Bertz CT molecular complexity index is 573. The number of sulfonamides is 1. The normalized spacial score (nSPS) is 11.3. The molecule has 0 spiro atoms. The minimum absolute atomic E-state index is 0.000137. The van der Waals surface area contributed by atoms with Crippen LogP contribution >= 0.6 is 0 Å². The minimum Gasteiger partial charge on any atom is -0.466 e. The Kier molecular flexibility index (Phi) is 5.52. The SMILES string of the molecule is CCOC(=O)CCNS(=O)(=O)c1c(C)cc(N)cc1C. The average Bonchev–Trinajstić information content (AvgIpc) is 2.26. The third-order valence-electron chi connectivity index (χ3n) is 2.68. The van der Waals surface area contributed by atoms with Crippen LogP contribution in [0.25, 0.3) is 0 Å². The van der Waals surface area contributed by atoms with Crippen LogP contribution in [0.1, 0.15) is 24.5 Å². The molecule has 20 heavy (non-hydrogen) atoms. The van der Waals surface area contributed by atoms with Gasteiger partial charge in [0.1, 0.15) is 0 Å². The van der Waals surface area contributed by atoms with E-state index in [1.54, 1.807) is 32.9 Å². The summed E-state index contributed by atoms with van der Waals surface area (Å²) in [7, 11) is -3.66. The number of hydrogen-bond acceptors (Lipinski definition) is 5. The molecule has 112 valence electrons. The van der Waals surface area contributed by atoms with Gasteiger partial charge < -0.3 is 10.5 Å². The van der Waals surface area contributed by atoms with Gasteiger partial charge in [0.2, 0.25) is 10.0 Å². The number of anilines is 1. The fraction of sp³-hybridized carbons (Fsp3) is 0.462. The number of hydrogen-bond donors (Lipinski definition) is 2. The molecule has 7 heteroatoms. The van der Waals surface area contributed by atoms with Crippen LogP contribution in [0, 0.1) is 13.8 Å². The summed E-state index contributed by atoms with van der Waals surface area (Å²) in [5.41, 5.74) is 7.34. The van der Waals surface area contributed by atoms with E-state index in [0.29, 0.717) is 16.8 Å². The number of nitrogens with one attached hydrogen (secondary N) is 1. The van der Waals surface area contributed by atoms with Crippen LogP contribution in [-0.2, 0) is 19.6 Å². The van der Waals surface area contributed by atoms with Gasteiger partial charge in [-0.1, -0.05) is 0 Å². The molecule has 1 aromatic carbocycles. The first-order valence-electron chi connectivity index (χ1n) is 6.30. The largest absolute Gasteiger partial charge is 0.466 e. The van der Waals surface area contributed by atoms with Gasteiger partial charge in [-0.15, -0.1) is 0 Å². The zero-order valence-corrected chi connectivity index (χ0v) is 12.7. The number of aryl methyl sites for hydroxylation is 2. The predicted molar refractivity (Wildman–Crippen MR) is 76.8 cm³/mol. The van der Waals surface area contributed by atoms with Crippen LogP contribution in [0.4, 0.5) is 5.69 Å². The minimum atomic E-state index is -3.66. The van der Waals surface area contributed by atoms with Crippen molar-refractivity contribution >= 4 is 21.7 Å². The molecule has 0 fully saturated rings. The second kappa shape index (κ2) is 6.71. The number of esters is 1. The summed E-state index contributed by atoms with van der Waals surface area (Å²) < 4.78 is 31.6. The Hall–Kier alpha value is -1.60. The van der Waals surface area contributed by atoms with Crippen molar-refractivity contribution in [1.29, 1.82) is 0 Å². The van der Waals surface area contributed by atoms with Crippen molar-refractivity contribution in [1.82, 2.24) is 4.72 Å². The van der Waals surface area contributed by atoms with E-state index >= 15 is 0 Å². The molecule has 3 N–H and O–H groups in total. The maximum atomic E-state index is 12.2. The molecule has 0 saturated carbocycles. The van der Waals surface area contributed by atoms with Crippen molar-refractivity contribution in [3.05, 3.63) is 23.3 Å². The summed E-state index contributed by atoms with van der Waals surface area (Å²) in [4.78, 5) is 11.4. The van der Waals surface area contributed by atoms with Crippen molar-refractivity contribution in [3.63, 3.8) is 0 Å². The molecule has 0 radical (unpaired) electrons. The maximum Gasteiger partial charge on any atom is 0.307 e. The van der Waals surface area contributed by atoms with Crippen molar-refractivity contribution in [3.8, 4) is 0 Å². The van der Waals surface area contributed by atoms with E-state index in [-0.39, 0.29) is 24.5 Å². The van der Waals surface area contributed by atoms with Gasteiger partial charge in [0.25, 0.3) is 0 Å². The molecule has 0 aliphatic carbocycles. The van der Waals surface area contributed by atoms with E-state index in [1.807, 2.05) is 0 Å². The molecule has 0 bridgehead atoms. The number of ether oxygens (including phenoxy) is 1. The van der Waals surface area contributed by atoms with E-state index in [9.17, 15) is 13.2 Å². The second-order valence-corrected chi connectivity index (χ2v) is 6.14. The molecule has 0 heterocycles. The highest BCUT2D eigenvalue weighted by atomic mass is 32.2. The highest BCUT2D eigenvalue weighted by Gasteiger charge is 2.19. The Labute approximate surface area is 119 Å². The lowest BCUT2D eigenvalue weighted by molar-refractivity contribution is -0.142. The fourth-order valence-corrected chi connectivity index (χ4v) is 3.48. The Morgan fingerprint density at radius 3 is 2.35 bits per heavy atom. The van der Waals surface area contributed by atoms with Crippen LogP contribution in [0.2, 0.25) is 0 Å². The topological polar surface area (TPSA) is 98.5 Å². The summed E-state index contributed by atoms with van der Waals surface area (Å²) in [5, 5.41) is 0. The summed E-state index contributed by atoms with van der Waals surface area (Å²) in [6, 6.07) is 3.21. The lowest BCUT2D eigenvalue weighted by Gasteiger charge is -2.12. The molecular weight excluding hydrogens is 280 g/mol. The van der Waals surface area contributed by atoms with Gasteiger partial charge in [-0.3, -0.25) is 4.79 Å². The van der Waals surface area contributed by atoms with Crippen molar-refractivity contribution in [2.45, 2.75) is 32.1 Å². The number of nitrogens with two attached hydrogens (primary N) is 1. The molecule has 0 aliphatic rings. The first-order chi connectivity index (χ1) is 9.27. The van der Waals surface area contributed by atoms with Crippen molar-refractivity contribution in [2.24, 2.45) is 0 Å². The van der Waals surface area contributed by atoms with Crippen LogP contribution < -0.4 is 10.5 Å². The molecule has 0 unspecified atom stereocenters. The number of carbonyl (C=O) groups excluding carboxylic acids is 1. The predicted octanol–water partition coefficient (Wildman–Crippen LogP) is 1.12. The number of rotatable bonds is 6. The average molecular weight is 300 g/mol. The molecule has 0 aromatic heterocycles. The third-order valence-corrected chi connectivity index (χ3v) is 4.44. The Balaban J connectivity index is 2.82. The van der Waals surface area contributed by atoms with E-state index in [1.165, 1.54) is 0 Å². The monoisotopic (exact) mass is 300 g/mol. The zero-order valence-electron chi connectivity index (χ0n) is 11.9. The summed E-state index contributed by atoms with van der Waals surface area (Å²) in [6.07, 6.45) is 0.000137. The van der Waals surface area contributed by atoms with Crippen LogP contribution in [0.5, 0.6) is 0 Å². The van der Waals surface area contributed by atoms with Crippen LogP contribution in [0.15, 0.2) is 17.0 Å². The lowest BCUT2D eigenvalue weighted by atomic mass is 10.1. The highest BCUT2D eigenvalue weighted by molar-refractivity contribution is 7.89.